The third kappa shape index (κ3) is 3.67. The number of halogens is 2. The molecule has 0 radical (unpaired) electrons. The molecule has 2 N–H and O–H groups in total. The Morgan fingerprint density at radius 3 is 2.52 bits per heavy atom. The topological polar surface area (TPSA) is 50.4 Å². The molecule has 1 aliphatic rings. The van der Waals surface area contributed by atoms with Crippen LogP contribution in [0.3, 0.4) is 0 Å². The van der Waals surface area contributed by atoms with E-state index in [1.54, 1.807) is 6.92 Å². The van der Waals surface area contributed by atoms with Crippen LogP contribution >= 0.6 is 12.2 Å². The number of carbonyl (C=O) groups excluding carboxylic acids is 1. The van der Waals surface area contributed by atoms with Gasteiger partial charge in [-0.1, -0.05) is 19.4 Å². The first kappa shape index (κ1) is 17.3. The highest BCUT2D eigenvalue weighted by Crippen LogP contribution is 2.32. The van der Waals surface area contributed by atoms with Crippen molar-refractivity contribution in [3.8, 4) is 0 Å². The third-order valence-electron chi connectivity index (χ3n) is 3.44. The number of nitrogens with one attached hydrogen (secondary N) is 2. The lowest BCUT2D eigenvalue weighted by molar-refractivity contribution is -0.139. The van der Waals surface area contributed by atoms with Crippen LogP contribution in [0.4, 0.5) is 8.78 Å². The van der Waals surface area contributed by atoms with Crippen LogP contribution in [0, 0.1) is 11.6 Å². The van der Waals surface area contributed by atoms with E-state index in [2.05, 4.69) is 10.6 Å². The Morgan fingerprint density at radius 2 is 1.96 bits per heavy atom. The standard InChI is InChI=1S/C16H18F2N2O2S/c1-3-6-11-13(15(21)22-4-2)14(20-16(23)19-11)12-9(17)7-5-8-10(12)18/h5,7-8,14H,3-4,6H2,1-2H3,(H2,19,20,23)/t14-/m1/s1. The highest BCUT2D eigenvalue weighted by Gasteiger charge is 2.35. The van der Waals surface area contributed by atoms with Crippen molar-refractivity contribution in [1.29, 1.82) is 0 Å². The molecule has 0 bridgehead atoms. The number of hydrogen-bond donors (Lipinski definition) is 2. The van der Waals surface area contributed by atoms with Gasteiger partial charge in [0, 0.05) is 5.70 Å². The minimum Gasteiger partial charge on any atom is -0.463 e. The van der Waals surface area contributed by atoms with Gasteiger partial charge in [0.1, 0.15) is 11.6 Å². The third-order valence-corrected chi connectivity index (χ3v) is 3.66. The van der Waals surface area contributed by atoms with E-state index in [-0.39, 0.29) is 22.9 Å². The van der Waals surface area contributed by atoms with Gasteiger partial charge in [-0.05, 0) is 37.7 Å². The van der Waals surface area contributed by atoms with E-state index >= 15 is 0 Å². The summed E-state index contributed by atoms with van der Waals surface area (Å²) in [4.78, 5) is 12.3. The molecule has 4 nitrogen and oxygen atoms in total. The van der Waals surface area contributed by atoms with Gasteiger partial charge in [0.25, 0.3) is 0 Å². The highest BCUT2D eigenvalue weighted by atomic mass is 32.1. The van der Waals surface area contributed by atoms with Gasteiger partial charge in [0.05, 0.1) is 23.8 Å². The second-order valence-corrected chi connectivity index (χ2v) is 5.44. The Hall–Kier alpha value is -2.02. The van der Waals surface area contributed by atoms with Crippen LogP contribution in [0.15, 0.2) is 29.5 Å². The predicted molar refractivity (Wildman–Crippen MR) is 86.5 cm³/mol. The first-order valence-electron chi connectivity index (χ1n) is 7.41. The molecule has 0 saturated carbocycles. The van der Waals surface area contributed by atoms with Crippen molar-refractivity contribution in [2.45, 2.75) is 32.7 Å². The van der Waals surface area contributed by atoms with Crippen LogP contribution in [-0.4, -0.2) is 17.7 Å². The fraction of sp³-hybridized carbons (Fsp3) is 0.375. The van der Waals surface area contributed by atoms with Gasteiger partial charge in [0.2, 0.25) is 0 Å². The number of thiocarbonyl (C=S) groups is 1. The molecule has 0 unspecified atom stereocenters. The van der Waals surface area contributed by atoms with E-state index in [0.717, 1.165) is 18.6 Å². The Labute approximate surface area is 138 Å². The normalized spacial score (nSPS) is 17.6. The van der Waals surface area contributed by atoms with Gasteiger partial charge in [-0.25, -0.2) is 13.6 Å². The lowest BCUT2D eigenvalue weighted by Gasteiger charge is -2.31. The zero-order valence-electron chi connectivity index (χ0n) is 12.9. The zero-order chi connectivity index (χ0) is 17.0. The number of allylic oxidation sites excluding steroid dienone is 1. The van der Waals surface area contributed by atoms with Crippen molar-refractivity contribution in [3.05, 3.63) is 46.7 Å². The highest BCUT2D eigenvalue weighted by molar-refractivity contribution is 7.80. The minimum atomic E-state index is -1.02. The van der Waals surface area contributed by atoms with Crippen molar-refractivity contribution in [2.75, 3.05) is 6.61 Å². The molecule has 0 spiro atoms. The van der Waals surface area contributed by atoms with E-state index in [4.69, 9.17) is 17.0 Å². The van der Waals surface area contributed by atoms with E-state index in [9.17, 15) is 13.6 Å². The minimum absolute atomic E-state index is 0.159. The van der Waals surface area contributed by atoms with Crippen LogP contribution in [0.25, 0.3) is 0 Å². The predicted octanol–water partition coefficient (Wildman–Crippen LogP) is 3.10. The Balaban J connectivity index is 2.60. The summed E-state index contributed by atoms with van der Waals surface area (Å²) in [6.45, 7) is 3.77. The molecule has 1 atom stereocenters. The molecular formula is C16H18F2N2O2S. The van der Waals surface area contributed by atoms with Crippen molar-refractivity contribution < 1.29 is 18.3 Å². The molecule has 0 aliphatic carbocycles. The van der Waals surface area contributed by atoms with Gasteiger partial charge in [-0.2, -0.15) is 0 Å². The SMILES string of the molecule is CCCC1=C(C(=O)OCC)[C@@H](c2c(F)cccc2F)NC(=S)N1. The lowest BCUT2D eigenvalue weighted by Crippen LogP contribution is -2.46. The maximum absolute atomic E-state index is 14.2. The summed E-state index contributed by atoms with van der Waals surface area (Å²) in [6.07, 6.45) is 1.25. The number of ether oxygens (including phenoxy) is 1. The monoisotopic (exact) mass is 340 g/mol. The summed E-state index contributed by atoms with van der Waals surface area (Å²) in [6, 6.07) is 2.54. The molecule has 0 amide bonds. The average Bonchev–Trinajstić information content (AvgIpc) is 2.47. The van der Waals surface area contributed by atoms with Gasteiger partial charge in [0.15, 0.2) is 5.11 Å². The smallest absolute Gasteiger partial charge is 0.338 e. The van der Waals surface area contributed by atoms with E-state index < -0.39 is 23.6 Å². The van der Waals surface area contributed by atoms with Gasteiger partial charge in [-0.3, -0.25) is 0 Å². The molecule has 1 aromatic rings. The summed E-state index contributed by atoms with van der Waals surface area (Å²) in [5.74, 6) is -2.11. The number of rotatable bonds is 5. The van der Waals surface area contributed by atoms with E-state index in [1.807, 2.05) is 6.92 Å². The molecular weight excluding hydrogens is 322 g/mol. The molecule has 1 heterocycles. The maximum atomic E-state index is 14.2. The summed E-state index contributed by atoms with van der Waals surface area (Å²) in [7, 11) is 0. The molecule has 0 aromatic heterocycles. The molecule has 2 rings (SSSR count). The molecule has 23 heavy (non-hydrogen) atoms. The Morgan fingerprint density at radius 1 is 1.30 bits per heavy atom. The number of esters is 1. The molecule has 1 aromatic carbocycles. The molecule has 7 heteroatoms. The Kier molecular flexibility index (Phi) is 5.65. The fourth-order valence-electron chi connectivity index (χ4n) is 2.52. The summed E-state index contributed by atoms with van der Waals surface area (Å²) in [5, 5.41) is 5.89. The van der Waals surface area contributed by atoms with Crippen molar-refractivity contribution in [2.24, 2.45) is 0 Å². The molecule has 0 saturated heterocycles. The van der Waals surface area contributed by atoms with Crippen molar-refractivity contribution in [3.63, 3.8) is 0 Å². The summed E-state index contributed by atoms with van der Waals surface area (Å²) in [5.41, 5.74) is 0.446. The largest absolute Gasteiger partial charge is 0.463 e. The number of benzene rings is 1. The molecule has 124 valence electrons. The van der Waals surface area contributed by atoms with Gasteiger partial charge >= 0.3 is 5.97 Å². The summed E-state index contributed by atoms with van der Waals surface area (Å²) < 4.78 is 33.4. The van der Waals surface area contributed by atoms with Crippen molar-refractivity contribution in [1.82, 2.24) is 10.6 Å². The second-order valence-electron chi connectivity index (χ2n) is 5.03. The fourth-order valence-corrected chi connectivity index (χ4v) is 2.76. The van der Waals surface area contributed by atoms with E-state index in [1.165, 1.54) is 6.07 Å². The zero-order valence-corrected chi connectivity index (χ0v) is 13.7. The molecule has 0 fully saturated rings. The number of hydrogen-bond acceptors (Lipinski definition) is 3. The number of carbonyl (C=O) groups is 1. The summed E-state index contributed by atoms with van der Waals surface area (Å²) >= 11 is 5.11. The van der Waals surface area contributed by atoms with Gasteiger partial charge < -0.3 is 15.4 Å². The van der Waals surface area contributed by atoms with Crippen LogP contribution in [0.5, 0.6) is 0 Å². The first-order chi connectivity index (χ1) is 11.0. The second kappa shape index (κ2) is 7.50. The molecule has 1 aliphatic heterocycles. The average molecular weight is 340 g/mol. The van der Waals surface area contributed by atoms with Crippen LogP contribution < -0.4 is 10.6 Å². The lowest BCUT2D eigenvalue weighted by atomic mass is 9.93. The van der Waals surface area contributed by atoms with Gasteiger partial charge in [-0.15, -0.1) is 0 Å². The quantitative estimate of drug-likeness (QED) is 0.637. The van der Waals surface area contributed by atoms with Crippen LogP contribution in [-0.2, 0) is 9.53 Å². The Bertz CT molecular complexity index is 641. The van der Waals surface area contributed by atoms with Crippen LogP contribution in [0.1, 0.15) is 38.3 Å². The first-order valence-corrected chi connectivity index (χ1v) is 7.82. The van der Waals surface area contributed by atoms with Crippen molar-refractivity contribution >= 4 is 23.3 Å². The van der Waals surface area contributed by atoms with E-state index in [0.29, 0.717) is 12.1 Å². The maximum Gasteiger partial charge on any atom is 0.338 e. The van der Waals surface area contributed by atoms with Crippen LogP contribution in [0.2, 0.25) is 0 Å².